The van der Waals surface area contributed by atoms with Gasteiger partial charge in [-0.15, -0.1) is 5.10 Å². The van der Waals surface area contributed by atoms with Gasteiger partial charge in [-0.2, -0.15) is 13.2 Å². The van der Waals surface area contributed by atoms with Gasteiger partial charge in [-0.25, -0.2) is 9.67 Å². The molecule has 0 aliphatic rings. The van der Waals surface area contributed by atoms with E-state index >= 15 is 0 Å². The van der Waals surface area contributed by atoms with Gasteiger partial charge in [-0.3, -0.25) is 10.1 Å². The summed E-state index contributed by atoms with van der Waals surface area (Å²) < 4.78 is 44.2. The second-order valence-corrected chi connectivity index (χ2v) is 5.61. The average Bonchev–Trinajstić information content (AvgIpc) is 3.07. The maximum atomic E-state index is 12.5. The SMILES string of the molecule is O=C(COc1ccc(C(F)(F)F)cc1)Nc1ncn(Cc2ccccc2)n1. The van der Waals surface area contributed by atoms with Gasteiger partial charge in [0.25, 0.3) is 5.91 Å². The predicted octanol–water partition coefficient (Wildman–Crippen LogP) is 3.36. The number of carbonyl (C=O) groups excluding carboxylic acids is 1. The van der Waals surface area contributed by atoms with E-state index in [0.717, 1.165) is 29.8 Å². The highest BCUT2D eigenvalue weighted by Crippen LogP contribution is 2.30. The standard InChI is InChI=1S/C18H15F3N4O2/c19-18(20,21)14-6-8-15(9-7-14)27-11-16(26)23-17-22-12-25(24-17)10-13-4-2-1-3-5-13/h1-9,12H,10-11H2,(H,23,24,26). The molecule has 0 saturated carbocycles. The van der Waals surface area contributed by atoms with Crippen molar-refractivity contribution in [2.24, 2.45) is 0 Å². The summed E-state index contributed by atoms with van der Waals surface area (Å²) in [6.45, 7) is 0.129. The first kappa shape index (κ1) is 18.4. The number of hydrogen-bond donors (Lipinski definition) is 1. The zero-order valence-corrected chi connectivity index (χ0v) is 14.0. The number of benzene rings is 2. The largest absolute Gasteiger partial charge is 0.484 e. The fourth-order valence-electron chi connectivity index (χ4n) is 2.25. The van der Waals surface area contributed by atoms with Crippen LogP contribution in [0.15, 0.2) is 60.9 Å². The fourth-order valence-corrected chi connectivity index (χ4v) is 2.25. The van der Waals surface area contributed by atoms with Gasteiger partial charge >= 0.3 is 6.18 Å². The van der Waals surface area contributed by atoms with Gasteiger partial charge in [0.15, 0.2) is 6.61 Å². The summed E-state index contributed by atoms with van der Waals surface area (Å²) in [5.41, 5.74) is 0.248. The first-order valence-electron chi connectivity index (χ1n) is 7.93. The summed E-state index contributed by atoms with van der Waals surface area (Å²) in [6, 6.07) is 13.7. The molecule has 0 aliphatic heterocycles. The summed E-state index contributed by atoms with van der Waals surface area (Å²) in [6.07, 6.45) is -2.93. The molecule has 1 N–H and O–H groups in total. The van der Waals surface area contributed by atoms with Gasteiger partial charge in [0.05, 0.1) is 12.1 Å². The number of rotatable bonds is 6. The monoisotopic (exact) mass is 376 g/mol. The number of aromatic nitrogens is 3. The molecule has 0 spiro atoms. The number of amides is 1. The number of ether oxygens (including phenoxy) is 1. The predicted molar refractivity (Wildman–Crippen MR) is 91.1 cm³/mol. The van der Waals surface area contributed by atoms with E-state index < -0.39 is 17.6 Å². The highest BCUT2D eigenvalue weighted by Gasteiger charge is 2.30. The molecule has 3 aromatic rings. The molecule has 0 aliphatic carbocycles. The highest BCUT2D eigenvalue weighted by molar-refractivity contribution is 5.90. The third-order valence-electron chi connectivity index (χ3n) is 3.53. The van der Waals surface area contributed by atoms with Crippen molar-refractivity contribution in [2.45, 2.75) is 12.7 Å². The Bertz CT molecular complexity index is 893. The quantitative estimate of drug-likeness (QED) is 0.716. The molecule has 2 aromatic carbocycles. The van der Waals surface area contributed by atoms with E-state index in [1.54, 1.807) is 4.68 Å². The molecule has 0 bridgehead atoms. The third-order valence-corrected chi connectivity index (χ3v) is 3.53. The molecule has 0 fully saturated rings. The molecule has 0 saturated heterocycles. The molecule has 0 unspecified atom stereocenters. The minimum Gasteiger partial charge on any atom is -0.484 e. The van der Waals surface area contributed by atoms with Gasteiger partial charge in [0.2, 0.25) is 5.95 Å². The summed E-state index contributed by atoms with van der Waals surface area (Å²) in [7, 11) is 0. The van der Waals surface area contributed by atoms with Crippen LogP contribution in [0.5, 0.6) is 5.75 Å². The third kappa shape index (κ3) is 5.30. The van der Waals surface area contributed by atoms with E-state index in [9.17, 15) is 18.0 Å². The van der Waals surface area contributed by atoms with Crippen molar-refractivity contribution in [3.63, 3.8) is 0 Å². The smallest absolute Gasteiger partial charge is 0.416 e. The van der Waals surface area contributed by atoms with Crippen LogP contribution in [0.1, 0.15) is 11.1 Å². The van der Waals surface area contributed by atoms with Gasteiger partial charge in [0, 0.05) is 0 Å². The Kier molecular flexibility index (Phi) is 5.39. The Morgan fingerprint density at radius 1 is 1.07 bits per heavy atom. The Labute approximate surface area is 152 Å². The topological polar surface area (TPSA) is 69.0 Å². The Morgan fingerprint density at radius 3 is 2.44 bits per heavy atom. The first-order chi connectivity index (χ1) is 12.9. The first-order valence-corrected chi connectivity index (χ1v) is 7.93. The van der Waals surface area contributed by atoms with E-state index in [4.69, 9.17) is 4.74 Å². The van der Waals surface area contributed by atoms with E-state index in [-0.39, 0.29) is 18.3 Å². The minimum absolute atomic E-state index is 0.118. The molecule has 27 heavy (non-hydrogen) atoms. The van der Waals surface area contributed by atoms with Crippen LogP contribution in [-0.2, 0) is 17.5 Å². The van der Waals surface area contributed by atoms with Crippen molar-refractivity contribution in [3.05, 3.63) is 72.1 Å². The Hall–Kier alpha value is -3.36. The molecule has 6 nitrogen and oxygen atoms in total. The van der Waals surface area contributed by atoms with Crippen LogP contribution in [0.2, 0.25) is 0 Å². The highest BCUT2D eigenvalue weighted by atomic mass is 19.4. The average molecular weight is 376 g/mol. The van der Waals surface area contributed by atoms with Crippen LogP contribution >= 0.6 is 0 Å². The molecular weight excluding hydrogens is 361 g/mol. The lowest BCUT2D eigenvalue weighted by Gasteiger charge is -2.08. The van der Waals surface area contributed by atoms with E-state index in [2.05, 4.69) is 15.4 Å². The van der Waals surface area contributed by atoms with Gasteiger partial charge in [-0.1, -0.05) is 30.3 Å². The zero-order chi connectivity index (χ0) is 19.3. The number of halogens is 3. The maximum absolute atomic E-state index is 12.5. The van der Waals surface area contributed by atoms with Crippen LogP contribution < -0.4 is 10.1 Å². The van der Waals surface area contributed by atoms with E-state index in [1.165, 1.54) is 6.33 Å². The molecular formula is C18H15F3N4O2. The Morgan fingerprint density at radius 2 is 1.78 bits per heavy atom. The van der Waals surface area contributed by atoms with Gasteiger partial charge < -0.3 is 4.74 Å². The normalized spacial score (nSPS) is 11.2. The van der Waals surface area contributed by atoms with Crippen molar-refractivity contribution in [1.82, 2.24) is 14.8 Å². The van der Waals surface area contributed by atoms with Crippen LogP contribution in [0.25, 0.3) is 0 Å². The lowest BCUT2D eigenvalue weighted by Crippen LogP contribution is -2.21. The van der Waals surface area contributed by atoms with Crippen LogP contribution in [0.3, 0.4) is 0 Å². The minimum atomic E-state index is -4.42. The maximum Gasteiger partial charge on any atom is 0.416 e. The van der Waals surface area contributed by atoms with E-state index in [1.807, 2.05) is 30.3 Å². The fraction of sp³-hybridized carbons (Fsp3) is 0.167. The molecule has 0 radical (unpaired) electrons. The molecule has 1 heterocycles. The molecule has 1 aromatic heterocycles. The van der Waals surface area contributed by atoms with Crippen molar-refractivity contribution in [3.8, 4) is 5.75 Å². The summed E-state index contributed by atoms with van der Waals surface area (Å²) in [5.74, 6) is -0.250. The summed E-state index contributed by atoms with van der Waals surface area (Å²) in [4.78, 5) is 15.9. The van der Waals surface area contributed by atoms with Crippen molar-refractivity contribution in [2.75, 3.05) is 11.9 Å². The molecule has 1 amide bonds. The van der Waals surface area contributed by atoms with Gasteiger partial charge in [-0.05, 0) is 29.8 Å². The van der Waals surface area contributed by atoms with Crippen molar-refractivity contribution >= 4 is 11.9 Å². The van der Waals surface area contributed by atoms with Crippen LogP contribution in [0.4, 0.5) is 19.1 Å². The number of nitrogens with one attached hydrogen (secondary N) is 1. The number of nitrogens with zero attached hydrogens (tertiary/aromatic N) is 3. The number of hydrogen-bond acceptors (Lipinski definition) is 4. The second-order valence-electron chi connectivity index (χ2n) is 5.61. The molecule has 3 rings (SSSR count). The molecule has 9 heteroatoms. The number of anilines is 1. The second kappa shape index (κ2) is 7.90. The van der Waals surface area contributed by atoms with Crippen LogP contribution in [0, 0.1) is 0 Å². The zero-order valence-electron chi connectivity index (χ0n) is 14.0. The Balaban J connectivity index is 1.49. The molecule has 0 atom stereocenters. The summed E-state index contributed by atoms with van der Waals surface area (Å²) >= 11 is 0. The number of carbonyl (C=O) groups is 1. The van der Waals surface area contributed by atoms with Crippen LogP contribution in [-0.4, -0.2) is 27.3 Å². The van der Waals surface area contributed by atoms with Crippen molar-refractivity contribution in [1.29, 1.82) is 0 Å². The number of alkyl halides is 3. The van der Waals surface area contributed by atoms with E-state index in [0.29, 0.717) is 6.54 Å². The van der Waals surface area contributed by atoms with Gasteiger partial charge in [0.1, 0.15) is 12.1 Å². The lowest BCUT2D eigenvalue weighted by atomic mass is 10.2. The molecule has 140 valence electrons. The summed E-state index contributed by atoms with van der Waals surface area (Å²) in [5, 5.41) is 6.60. The lowest BCUT2D eigenvalue weighted by molar-refractivity contribution is -0.137. The van der Waals surface area contributed by atoms with Crippen molar-refractivity contribution < 1.29 is 22.7 Å².